The topological polar surface area (TPSA) is 69.9 Å². The quantitative estimate of drug-likeness (QED) is 0.679. The Labute approximate surface area is 79.3 Å². The van der Waals surface area contributed by atoms with Crippen molar-refractivity contribution in [3.63, 3.8) is 0 Å². The van der Waals surface area contributed by atoms with Gasteiger partial charge in [0.05, 0.1) is 6.10 Å². The van der Waals surface area contributed by atoms with Crippen LogP contribution in [-0.2, 0) is 4.79 Å². The Balaban J connectivity index is 2.51. The van der Waals surface area contributed by atoms with Crippen LogP contribution in [0.1, 0.15) is 25.7 Å². The van der Waals surface area contributed by atoms with Crippen molar-refractivity contribution in [2.24, 2.45) is 10.7 Å². The molecule has 1 aliphatic carbocycles. The molecule has 0 aromatic heterocycles. The van der Waals surface area contributed by atoms with Gasteiger partial charge in [0.25, 0.3) is 0 Å². The summed E-state index contributed by atoms with van der Waals surface area (Å²) in [4.78, 5) is 10.7. The number of hydrogen-bond donors (Lipinski definition) is 2. The Hall–Kier alpha value is -0.470. The molecule has 4 nitrogen and oxygen atoms in total. The summed E-state index contributed by atoms with van der Waals surface area (Å²) < 4.78 is 3.66. The fourth-order valence-electron chi connectivity index (χ4n) is 1.78. The second kappa shape index (κ2) is 4.68. The van der Waals surface area contributed by atoms with Crippen molar-refractivity contribution in [3.05, 3.63) is 0 Å². The minimum Gasteiger partial charge on any atom is -0.480 e. The molecule has 0 aliphatic heterocycles. The van der Waals surface area contributed by atoms with Crippen LogP contribution in [0, 0.1) is 5.92 Å². The van der Waals surface area contributed by atoms with E-state index in [2.05, 4.69) is 13.8 Å². The van der Waals surface area contributed by atoms with Gasteiger partial charge in [-0.15, -0.1) is 0 Å². The van der Waals surface area contributed by atoms with Crippen molar-refractivity contribution in [2.75, 3.05) is 0 Å². The number of aliphatic hydroxyl groups is 1. The highest BCUT2D eigenvalue weighted by molar-refractivity contribution is 7.04. The van der Waals surface area contributed by atoms with E-state index >= 15 is 0 Å². The molecule has 0 aromatic carbocycles. The summed E-state index contributed by atoms with van der Waals surface area (Å²) in [7, 11) is 2.90. The Morgan fingerprint density at radius 1 is 1.38 bits per heavy atom. The van der Waals surface area contributed by atoms with E-state index < -0.39 is 12.0 Å². The lowest BCUT2D eigenvalue weighted by atomic mass is 9.83. The highest BCUT2D eigenvalue weighted by Crippen LogP contribution is 2.28. The van der Waals surface area contributed by atoms with Crippen molar-refractivity contribution < 1.29 is 15.0 Å². The van der Waals surface area contributed by atoms with Crippen LogP contribution in [0.5, 0.6) is 0 Å². The molecular weight excluding hydrogens is 189 g/mol. The zero-order valence-electron chi connectivity index (χ0n) is 7.31. The smallest absolute Gasteiger partial charge is 0.329 e. The summed E-state index contributed by atoms with van der Waals surface area (Å²) in [5.41, 5.74) is 0. The summed E-state index contributed by atoms with van der Waals surface area (Å²) in [6, 6.07) is -0.663. The van der Waals surface area contributed by atoms with Crippen molar-refractivity contribution in [2.45, 2.75) is 37.8 Å². The molecule has 74 valence electrons. The number of hydrogen-bond acceptors (Lipinski definition) is 3. The van der Waals surface area contributed by atoms with Crippen molar-refractivity contribution in [3.8, 4) is 0 Å². The second-order valence-electron chi connectivity index (χ2n) is 3.48. The van der Waals surface area contributed by atoms with E-state index in [4.69, 9.17) is 5.11 Å². The third-order valence-electron chi connectivity index (χ3n) is 2.58. The van der Waals surface area contributed by atoms with Crippen LogP contribution in [0.25, 0.3) is 0 Å². The number of aliphatic carboxylic acids is 1. The molecular formula is C8H14NO3P. The number of carbonyl (C=O) groups is 1. The molecule has 0 spiro atoms. The number of rotatable bonds is 3. The third kappa shape index (κ3) is 2.75. The number of carboxylic acid groups (broad SMARTS) is 1. The lowest BCUT2D eigenvalue weighted by Crippen LogP contribution is -2.31. The van der Waals surface area contributed by atoms with Gasteiger partial charge in [0.1, 0.15) is 0 Å². The zero-order valence-corrected chi connectivity index (χ0v) is 8.31. The molecule has 5 heteroatoms. The van der Waals surface area contributed by atoms with Crippen molar-refractivity contribution in [1.82, 2.24) is 0 Å². The first-order valence-corrected chi connectivity index (χ1v) is 4.87. The molecule has 1 unspecified atom stereocenters. The largest absolute Gasteiger partial charge is 0.480 e. The van der Waals surface area contributed by atoms with Crippen LogP contribution in [0.15, 0.2) is 4.74 Å². The summed E-state index contributed by atoms with van der Waals surface area (Å²) in [5, 5.41) is 18.0. The zero-order chi connectivity index (χ0) is 9.84. The maximum absolute atomic E-state index is 10.7. The van der Waals surface area contributed by atoms with Gasteiger partial charge in [-0.2, -0.15) is 0 Å². The summed E-state index contributed by atoms with van der Waals surface area (Å²) in [6.07, 6.45) is 2.62. The van der Waals surface area contributed by atoms with Crippen LogP contribution < -0.4 is 0 Å². The molecule has 1 rings (SSSR count). The van der Waals surface area contributed by atoms with Crippen LogP contribution >= 0.6 is 9.03 Å². The molecule has 0 bridgehead atoms. The van der Waals surface area contributed by atoms with Gasteiger partial charge in [0.2, 0.25) is 0 Å². The van der Waals surface area contributed by atoms with Crippen LogP contribution in [-0.4, -0.2) is 28.3 Å². The first-order valence-electron chi connectivity index (χ1n) is 4.42. The van der Waals surface area contributed by atoms with Gasteiger partial charge in [-0.1, -0.05) is 0 Å². The molecule has 0 saturated heterocycles. The van der Waals surface area contributed by atoms with Crippen LogP contribution in [0.2, 0.25) is 0 Å². The summed E-state index contributed by atoms with van der Waals surface area (Å²) in [6.45, 7) is 0. The predicted octanol–water partition coefficient (Wildman–Crippen LogP) is 1.32. The van der Waals surface area contributed by atoms with Gasteiger partial charge in [0, 0.05) is 0 Å². The van der Waals surface area contributed by atoms with Crippen LogP contribution in [0.3, 0.4) is 0 Å². The molecule has 0 radical (unpaired) electrons. The van der Waals surface area contributed by atoms with Gasteiger partial charge < -0.3 is 10.2 Å². The van der Waals surface area contributed by atoms with Gasteiger partial charge >= 0.3 is 5.97 Å². The summed E-state index contributed by atoms with van der Waals surface area (Å²) in [5.74, 6) is -0.824. The van der Waals surface area contributed by atoms with E-state index in [1.807, 2.05) is 0 Å². The lowest BCUT2D eigenvalue weighted by Gasteiger charge is -2.27. The molecule has 2 N–H and O–H groups in total. The Bertz CT molecular complexity index is 202. The minimum absolute atomic E-state index is 0.0680. The SMILES string of the molecule is O=C(O)C(N=P)C1CCC(O)CC1. The van der Waals surface area contributed by atoms with E-state index in [1.54, 1.807) is 0 Å². The van der Waals surface area contributed by atoms with E-state index in [9.17, 15) is 9.90 Å². The van der Waals surface area contributed by atoms with E-state index in [1.165, 1.54) is 0 Å². The van der Waals surface area contributed by atoms with Gasteiger partial charge in [-0.25, -0.2) is 4.79 Å². The first-order chi connectivity index (χ1) is 6.15. The molecule has 13 heavy (non-hydrogen) atoms. The van der Waals surface area contributed by atoms with Crippen molar-refractivity contribution in [1.29, 1.82) is 0 Å². The Morgan fingerprint density at radius 2 is 1.92 bits per heavy atom. The average Bonchev–Trinajstić information content (AvgIpc) is 2.09. The maximum Gasteiger partial charge on any atom is 0.329 e. The van der Waals surface area contributed by atoms with Gasteiger partial charge in [0.15, 0.2) is 6.04 Å². The monoisotopic (exact) mass is 203 g/mol. The molecule has 0 amide bonds. The number of carboxylic acids is 1. The van der Waals surface area contributed by atoms with Gasteiger partial charge in [-0.3, -0.25) is 4.74 Å². The number of nitrogens with zero attached hydrogens (tertiary/aromatic N) is 1. The fourth-order valence-corrected chi connectivity index (χ4v) is 2.10. The van der Waals surface area contributed by atoms with E-state index in [-0.39, 0.29) is 12.0 Å². The molecule has 1 atom stereocenters. The molecule has 0 aromatic rings. The molecule has 1 fully saturated rings. The fraction of sp³-hybridized carbons (Fsp3) is 0.875. The normalized spacial score (nSPS) is 30.8. The van der Waals surface area contributed by atoms with Crippen LogP contribution in [0.4, 0.5) is 0 Å². The second-order valence-corrected chi connectivity index (χ2v) is 3.74. The number of aliphatic hydroxyl groups excluding tert-OH is 1. The maximum atomic E-state index is 10.7. The van der Waals surface area contributed by atoms with Gasteiger partial charge in [-0.05, 0) is 40.6 Å². The van der Waals surface area contributed by atoms with E-state index in [0.717, 1.165) is 12.8 Å². The molecule has 1 aliphatic rings. The predicted molar refractivity (Wildman–Crippen MR) is 50.1 cm³/mol. The Morgan fingerprint density at radius 3 is 2.31 bits per heavy atom. The molecule has 0 heterocycles. The highest BCUT2D eigenvalue weighted by atomic mass is 31.0. The molecule has 1 saturated carbocycles. The minimum atomic E-state index is -0.892. The van der Waals surface area contributed by atoms with E-state index in [0.29, 0.717) is 12.8 Å². The third-order valence-corrected chi connectivity index (χ3v) is 2.86. The summed E-state index contributed by atoms with van der Waals surface area (Å²) >= 11 is 0. The average molecular weight is 203 g/mol. The lowest BCUT2D eigenvalue weighted by molar-refractivity contribution is -0.140. The van der Waals surface area contributed by atoms with Crippen molar-refractivity contribution >= 4 is 15.0 Å². The standard InChI is InChI=1S/C8H14NO3P/c10-6-3-1-5(2-4-6)7(9-13)8(11)12/h5-7,10,13H,1-4H2,(H,11,12). The Kier molecular flexibility index (Phi) is 3.82. The highest BCUT2D eigenvalue weighted by Gasteiger charge is 2.30. The first kappa shape index (κ1) is 10.6.